The van der Waals surface area contributed by atoms with Gasteiger partial charge in [0.15, 0.2) is 0 Å². The first-order valence-corrected chi connectivity index (χ1v) is 6.24. The molecule has 2 rings (SSSR count). The fraction of sp³-hybridized carbons (Fsp3) is 0.0625. The summed E-state index contributed by atoms with van der Waals surface area (Å²) in [5.74, 6) is -1.27. The SMILES string of the molecule is [Li+].[N-]=CN=[C-]c1ccoc1C(=[C-]C(=O)O)OCc1ccccc1. The average Bonchev–Trinajstić information content (AvgIpc) is 2.98. The van der Waals surface area contributed by atoms with Crippen molar-refractivity contribution in [2.75, 3.05) is 0 Å². The normalized spacial score (nSPS) is 11.0. The molecule has 0 fully saturated rings. The fourth-order valence-electron chi connectivity index (χ4n) is 1.66. The van der Waals surface area contributed by atoms with Crippen LogP contribution in [-0.4, -0.2) is 23.6 Å². The van der Waals surface area contributed by atoms with E-state index in [9.17, 15) is 4.79 Å². The molecular weight excluding hydrogens is 291 g/mol. The number of carboxylic acids is 1. The smallest absolute Gasteiger partial charge is 0.557 e. The maximum Gasteiger partial charge on any atom is 1.00 e. The van der Waals surface area contributed by atoms with Crippen molar-refractivity contribution in [3.63, 3.8) is 0 Å². The van der Waals surface area contributed by atoms with Gasteiger partial charge in [0.25, 0.3) is 0 Å². The molecule has 0 bridgehead atoms. The van der Waals surface area contributed by atoms with Gasteiger partial charge in [-0.3, -0.25) is 4.79 Å². The van der Waals surface area contributed by atoms with Crippen molar-refractivity contribution in [3.8, 4) is 0 Å². The second-order valence-corrected chi connectivity index (χ2v) is 4.05. The Morgan fingerprint density at radius 2 is 2.09 bits per heavy atom. The Morgan fingerprint density at radius 3 is 2.74 bits per heavy atom. The zero-order valence-electron chi connectivity index (χ0n) is 12.4. The van der Waals surface area contributed by atoms with E-state index in [0.717, 1.165) is 5.56 Å². The minimum atomic E-state index is -1.30. The number of hydrogen-bond donors (Lipinski definition) is 1. The second kappa shape index (κ2) is 9.46. The first-order chi connectivity index (χ1) is 10.7. The van der Waals surface area contributed by atoms with E-state index in [1.807, 2.05) is 30.3 Å². The van der Waals surface area contributed by atoms with E-state index < -0.39 is 5.97 Å². The fourth-order valence-corrected chi connectivity index (χ4v) is 1.66. The Balaban J connectivity index is 0.00000264. The maximum atomic E-state index is 10.9. The van der Waals surface area contributed by atoms with Gasteiger partial charge in [-0.05, 0) is 11.3 Å². The number of furan rings is 1. The topological polar surface area (TPSA) is 94.3 Å². The van der Waals surface area contributed by atoms with Gasteiger partial charge in [0.2, 0.25) is 5.97 Å². The molecule has 1 aromatic heterocycles. The predicted molar refractivity (Wildman–Crippen MR) is 80.2 cm³/mol. The van der Waals surface area contributed by atoms with Crippen LogP contribution in [0.4, 0.5) is 0 Å². The number of carbonyl (C=O) groups is 1. The van der Waals surface area contributed by atoms with E-state index in [1.165, 1.54) is 12.3 Å². The Kier molecular flexibility index (Phi) is 7.61. The minimum absolute atomic E-state index is 0. The zero-order chi connectivity index (χ0) is 15.8. The van der Waals surface area contributed by atoms with Crippen molar-refractivity contribution >= 4 is 24.3 Å². The molecule has 1 heterocycles. The number of benzene rings is 1. The summed E-state index contributed by atoms with van der Waals surface area (Å²) >= 11 is 0. The van der Waals surface area contributed by atoms with Gasteiger partial charge in [-0.15, -0.1) is 12.1 Å². The third-order valence-corrected chi connectivity index (χ3v) is 2.56. The molecule has 23 heavy (non-hydrogen) atoms. The summed E-state index contributed by atoms with van der Waals surface area (Å²) in [7, 11) is 0. The van der Waals surface area contributed by atoms with E-state index in [4.69, 9.17) is 19.7 Å². The van der Waals surface area contributed by atoms with E-state index in [0.29, 0.717) is 11.9 Å². The van der Waals surface area contributed by atoms with Crippen LogP contribution in [0.15, 0.2) is 52.1 Å². The van der Waals surface area contributed by atoms with Crippen molar-refractivity contribution in [3.05, 3.63) is 71.0 Å². The van der Waals surface area contributed by atoms with Crippen LogP contribution in [0.5, 0.6) is 0 Å². The molecule has 0 unspecified atom stereocenters. The molecule has 0 saturated carbocycles. The monoisotopic (exact) mass is 302 g/mol. The van der Waals surface area contributed by atoms with E-state index >= 15 is 0 Å². The van der Waals surface area contributed by atoms with Gasteiger partial charge in [0.05, 0.1) is 0 Å². The predicted octanol–water partition coefficient (Wildman–Crippen LogP) is -0.377. The van der Waals surface area contributed by atoms with Gasteiger partial charge >= 0.3 is 18.9 Å². The molecule has 0 spiro atoms. The number of aliphatic carboxylic acids is 1. The molecule has 1 N–H and O–H groups in total. The maximum absolute atomic E-state index is 10.9. The summed E-state index contributed by atoms with van der Waals surface area (Å²) in [6, 6.07) is 10.8. The number of carboxylic acid groups (broad SMARTS) is 1. The van der Waals surface area contributed by atoms with Crippen molar-refractivity contribution in [2.24, 2.45) is 4.99 Å². The molecule has 0 radical (unpaired) electrons. The Hall–Kier alpha value is -2.55. The largest absolute Gasteiger partial charge is 1.00 e. The molecule has 6 nitrogen and oxygen atoms in total. The summed E-state index contributed by atoms with van der Waals surface area (Å²) in [6.07, 6.45) is 6.51. The molecular formula is C16H11LiN2O4-2. The average molecular weight is 302 g/mol. The summed E-state index contributed by atoms with van der Waals surface area (Å²) in [6.45, 7) is 0.153. The number of nitrogens with zero attached hydrogens (tertiary/aromatic N) is 2. The Bertz CT molecular complexity index is 708. The van der Waals surface area contributed by atoms with Crippen molar-refractivity contribution in [1.82, 2.24) is 0 Å². The molecule has 0 aliphatic heterocycles. The summed E-state index contributed by atoms with van der Waals surface area (Å²) in [4.78, 5) is 14.3. The third-order valence-electron chi connectivity index (χ3n) is 2.56. The molecule has 0 saturated heterocycles. The minimum Gasteiger partial charge on any atom is -0.557 e. The third kappa shape index (κ3) is 5.62. The molecule has 0 amide bonds. The Labute approximate surface area is 145 Å². The van der Waals surface area contributed by atoms with Crippen molar-refractivity contribution in [1.29, 1.82) is 0 Å². The Morgan fingerprint density at radius 1 is 1.35 bits per heavy atom. The van der Waals surface area contributed by atoms with Crippen LogP contribution in [0.2, 0.25) is 0 Å². The van der Waals surface area contributed by atoms with Crippen LogP contribution in [-0.2, 0) is 16.1 Å². The van der Waals surface area contributed by atoms with Gasteiger partial charge in [-0.25, -0.2) is 0 Å². The number of aliphatic imine (C=N–C) groups is 1. The summed E-state index contributed by atoms with van der Waals surface area (Å²) < 4.78 is 10.7. The molecule has 0 atom stereocenters. The van der Waals surface area contributed by atoms with E-state index in [2.05, 4.69) is 17.3 Å². The van der Waals surface area contributed by atoms with Crippen LogP contribution >= 0.6 is 0 Å². The molecule has 7 heteroatoms. The van der Waals surface area contributed by atoms with Gasteiger partial charge in [0, 0.05) is 12.0 Å². The standard InChI is InChI=1S/C16H11N2O4.Li/c17-11-18-9-13-6-7-21-16(13)14(8-15(19)20)22-10-12-4-2-1-3-5-12;/h1-7,11H,10H2,(H,19,20);/q-3;+1. The van der Waals surface area contributed by atoms with Crippen molar-refractivity contribution in [2.45, 2.75) is 6.61 Å². The molecule has 0 aliphatic carbocycles. The number of ether oxygens (including phenoxy) is 1. The molecule has 1 aromatic carbocycles. The summed E-state index contributed by atoms with van der Waals surface area (Å²) in [5.41, 5.74) is 1.20. The number of rotatable bonds is 7. The van der Waals surface area contributed by atoms with Crippen molar-refractivity contribution < 1.29 is 37.9 Å². The van der Waals surface area contributed by atoms with E-state index in [1.54, 1.807) is 0 Å². The molecule has 112 valence electrons. The first kappa shape index (κ1) is 18.5. The molecule has 2 aromatic rings. The van der Waals surface area contributed by atoms with Gasteiger partial charge in [-0.1, -0.05) is 30.3 Å². The second-order valence-electron chi connectivity index (χ2n) is 4.05. The van der Waals surface area contributed by atoms with Crippen LogP contribution in [0, 0.1) is 6.08 Å². The van der Waals surface area contributed by atoms with Crippen LogP contribution in [0.1, 0.15) is 16.9 Å². The van der Waals surface area contributed by atoms with Crippen LogP contribution in [0.25, 0.3) is 11.2 Å². The van der Waals surface area contributed by atoms with E-state index in [-0.39, 0.29) is 37.0 Å². The first-order valence-electron chi connectivity index (χ1n) is 6.24. The number of hydrogen-bond acceptors (Lipinski definition) is 3. The quantitative estimate of drug-likeness (QED) is 0.188. The zero-order valence-corrected chi connectivity index (χ0v) is 12.4. The van der Waals surface area contributed by atoms with Gasteiger partial charge < -0.3 is 24.7 Å². The summed E-state index contributed by atoms with van der Waals surface area (Å²) in [5, 5.41) is 17.5. The molecule has 0 aliphatic rings. The van der Waals surface area contributed by atoms with Crippen LogP contribution in [0.3, 0.4) is 0 Å². The van der Waals surface area contributed by atoms with Crippen LogP contribution < -0.4 is 18.9 Å². The van der Waals surface area contributed by atoms with Gasteiger partial charge in [0.1, 0.15) is 6.61 Å². The van der Waals surface area contributed by atoms with Gasteiger partial charge in [-0.2, -0.15) is 18.1 Å².